The van der Waals surface area contributed by atoms with E-state index < -0.39 is 6.42 Å². The molecule has 0 spiro atoms. The van der Waals surface area contributed by atoms with E-state index in [1.54, 1.807) is 11.0 Å². The second-order valence-corrected chi connectivity index (χ2v) is 10.9. The van der Waals surface area contributed by atoms with Crippen LogP contribution in [0.1, 0.15) is 25.2 Å². The Hall–Kier alpha value is -1.88. The monoisotopic (exact) mass is 387 g/mol. The van der Waals surface area contributed by atoms with E-state index in [9.17, 15) is 0 Å². The standard InChI is InChI=1S/C19H22N3O2PS/c1-19(2)15-9-5-6-10-16(15)21(3)18(19)17-12-20-22(4)25(17,26)24-13-14-8-7-11-23-14/h5-12H,13H2,1-4H3/b18-17-. The number of furan rings is 1. The number of hydrogen-bond donors (Lipinski definition) is 0. The number of hydrogen-bond acceptors (Lipinski definition) is 5. The van der Waals surface area contributed by atoms with Gasteiger partial charge in [0.1, 0.15) is 12.4 Å². The molecule has 1 unspecified atom stereocenters. The van der Waals surface area contributed by atoms with Gasteiger partial charge in [0.05, 0.1) is 17.8 Å². The summed E-state index contributed by atoms with van der Waals surface area (Å²) < 4.78 is 13.5. The zero-order chi connectivity index (χ0) is 18.5. The highest BCUT2D eigenvalue weighted by molar-refractivity contribution is 8.13. The van der Waals surface area contributed by atoms with Gasteiger partial charge in [0, 0.05) is 30.9 Å². The van der Waals surface area contributed by atoms with E-state index in [0.717, 1.165) is 16.8 Å². The number of allylic oxidation sites excluding steroid dienone is 2. The number of para-hydroxylation sites is 1. The zero-order valence-electron chi connectivity index (χ0n) is 15.3. The molecule has 1 atom stereocenters. The van der Waals surface area contributed by atoms with Gasteiger partial charge in [-0.05, 0) is 35.6 Å². The van der Waals surface area contributed by atoms with Crippen molar-refractivity contribution in [2.24, 2.45) is 5.10 Å². The SMILES string of the molecule is CN1/C(=C2/C=NN(C)P2(=S)OCc2ccco2)C(C)(C)c2ccccc21. The summed E-state index contributed by atoms with van der Waals surface area (Å²) in [6.45, 7) is 4.80. The molecule has 4 rings (SSSR count). The summed E-state index contributed by atoms with van der Waals surface area (Å²) in [4.78, 5) is 2.23. The third kappa shape index (κ3) is 2.48. The Morgan fingerprint density at radius 3 is 2.65 bits per heavy atom. The smallest absolute Gasteiger partial charge is 0.205 e. The number of rotatable bonds is 3. The van der Waals surface area contributed by atoms with Gasteiger partial charge in [-0.15, -0.1) is 0 Å². The molecule has 2 aliphatic rings. The van der Waals surface area contributed by atoms with Crippen molar-refractivity contribution in [1.29, 1.82) is 0 Å². The van der Waals surface area contributed by atoms with Crippen LogP contribution in [-0.2, 0) is 28.4 Å². The van der Waals surface area contributed by atoms with E-state index in [2.05, 4.69) is 55.2 Å². The van der Waals surface area contributed by atoms with Gasteiger partial charge in [-0.2, -0.15) is 5.10 Å². The highest BCUT2D eigenvalue weighted by Crippen LogP contribution is 2.64. The first-order chi connectivity index (χ1) is 12.4. The van der Waals surface area contributed by atoms with Crippen LogP contribution in [-0.4, -0.2) is 25.1 Å². The number of anilines is 1. The summed E-state index contributed by atoms with van der Waals surface area (Å²) in [5.41, 5.74) is 3.49. The molecule has 26 heavy (non-hydrogen) atoms. The van der Waals surface area contributed by atoms with Gasteiger partial charge < -0.3 is 13.8 Å². The van der Waals surface area contributed by atoms with Crippen molar-refractivity contribution in [3.63, 3.8) is 0 Å². The Morgan fingerprint density at radius 2 is 1.96 bits per heavy atom. The molecule has 0 aliphatic carbocycles. The molecule has 3 heterocycles. The molecule has 1 aromatic carbocycles. The Balaban J connectivity index is 1.80. The fourth-order valence-corrected chi connectivity index (χ4v) is 6.47. The average Bonchev–Trinajstić information content (AvgIpc) is 3.28. The summed E-state index contributed by atoms with van der Waals surface area (Å²) in [5.74, 6) is 0.765. The van der Waals surface area contributed by atoms with Gasteiger partial charge in [-0.3, -0.25) is 0 Å². The quantitative estimate of drug-likeness (QED) is 0.716. The molecule has 0 saturated heterocycles. The van der Waals surface area contributed by atoms with Gasteiger partial charge in [0.2, 0.25) is 6.42 Å². The number of hydrazone groups is 1. The van der Waals surface area contributed by atoms with E-state index in [-0.39, 0.29) is 5.41 Å². The normalized spacial score (nSPS) is 26.6. The van der Waals surface area contributed by atoms with Crippen LogP contribution in [0.3, 0.4) is 0 Å². The van der Waals surface area contributed by atoms with E-state index in [1.165, 1.54) is 11.3 Å². The van der Waals surface area contributed by atoms with Crippen LogP contribution in [0.15, 0.2) is 63.2 Å². The number of benzene rings is 1. The van der Waals surface area contributed by atoms with Gasteiger partial charge in [-0.25, -0.2) is 4.78 Å². The van der Waals surface area contributed by atoms with Gasteiger partial charge in [-0.1, -0.05) is 32.0 Å². The Labute approximate surface area is 159 Å². The van der Waals surface area contributed by atoms with Crippen molar-refractivity contribution in [3.05, 3.63) is 65.0 Å². The fourth-order valence-electron chi connectivity index (χ4n) is 3.78. The molecule has 2 aromatic rings. The summed E-state index contributed by atoms with van der Waals surface area (Å²) >= 11 is 6.05. The summed E-state index contributed by atoms with van der Waals surface area (Å²) in [7, 11) is 3.98. The first-order valence-electron chi connectivity index (χ1n) is 8.49. The van der Waals surface area contributed by atoms with Crippen molar-refractivity contribution in [2.45, 2.75) is 25.9 Å². The van der Waals surface area contributed by atoms with Crippen LogP contribution in [0, 0.1) is 0 Å². The van der Waals surface area contributed by atoms with Crippen molar-refractivity contribution < 1.29 is 8.94 Å². The molecule has 136 valence electrons. The van der Waals surface area contributed by atoms with Crippen LogP contribution >= 0.6 is 6.42 Å². The molecule has 0 bridgehead atoms. The Bertz CT molecular complexity index is 949. The molecule has 1 aromatic heterocycles. The van der Waals surface area contributed by atoms with E-state index >= 15 is 0 Å². The predicted octanol–water partition coefficient (Wildman–Crippen LogP) is 4.68. The maximum Gasteiger partial charge on any atom is 0.205 e. The molecule has 7 heteroatoms. The highest BCUT2D eigenvalue weighted by atomic mass is 32.4. The maximum atomic E-state index is 6.26. The Morgan fingerprint density at radius 1 is 1.19 bits per heavy atom. The number of nitrogens with zero attached hydrogens (tertiary/aromatic N) is 3. The fraction of sp³-hybridized carbons (Fsp3) is 0.316. The molecular weight excluding hydrogens is 365 g/mol. The van der Waals surface area contributed by atoms with E-state index in [0.29, 0.717) is 6.61 Å². The second kappa shape index (κ2) is 6.08. The second-order valence-electron chi connectivity index (χ2n) is 7.04. The molecule has 0 fully saturated rings. The Kier molecular flexibility index (Phi) is 4.10. The van der Waals surface area contributed by atoms with E-state index in [1.807, 2.05) is 25.4 Å². The van der Waals surface area contributed by atoms with Crippen molar-refractivity contribution in [2.75, 3.05) is 19.0 Å². The largest absolute Gasteiger partial charge is 0.467 e. The lowest BCUT2D eigenvalue weighted by molar-refractivity contribution is 0.279. The van der Waals surface area contributed by atoms with Crippen molar-refractivity contribution in [3.8, 4) is 0 Å². The average molecular weight is 387 g/mol. The lowest BCUT2D eigenvalue weighted by Crippen LogP contribution is -2.25. The van der Waals surface area contributed by atoms with Crippen molar-refractivity contribution >= 4 is 30.1 Å². The first-order valence-corrected chi connectivity index (χ1v) is 11.2. The third-order valence-corrected chi connectivity index (χ3v) is 9.00. The van der Waals surface area contributed by atoms with Crippen LogP contribution in [0.4, 0.5) is 5.69 Å². The highest BCUT2D eigenvalue weighted by Gasteiger charge is 2.45. The van der Waals surface area contributed by atoms with Crippen LogP contribution in [0.5, 0.6) is 0 Å². The lowest BCUT2D eigenvalue weighted by atomic mass is 9.84. The van der Waals surface area contributed by atoms with Crippen LogP contribution in [0.2, 0.25) is 0 Å². The van der Waals surface area contributed by atoms with Crippen LogP contribution in [0.25, 0.3) is 0 Å². The van der Waals surface area contributed by atoms with Gasteiger partial charge in [0.15, 0.2) is 0 Å². The molecule has 0 saturated carbocycles. The molecule has 0 radical (unpaired) electrons. The molecule has 2 aliphatic heterocycles. The predicted molar refractivity (Wildman–Crippen MR) is 109 cm³/mol. The summed E-state index contributed by atoms with van der Waals surface area (Å²) in [5, 5.41) is 5.50. The minimum atomic E-state index is -2.48. The van der Waals surface area contributed by atoms with Crippen molar-refractivity contribution in [1.82, 2.24) is 4.78 Å². The third-order valence-electron chi connectivity index (χ3n) is 5.10. The topological polar surface area (TPSA) is 41.2 Å². The van der Waals surface area contributed by atoms with Gasteiger partial charge in [0.25, 0.3) is 0 Å². The van der Waals surface area contributed by atoms with Gasteiger partial charge >= 0.3 is 0 Å². The number of likely N-dealkylation sites (N-methyl/N-ethyl adjacent to an activating group) is 1. The van der Waals surface area contributed by atoms with Crippen LogP contribution < -0.4 is 4.90 Å². The first kappa shape index (κ1) is 17.5. The summed E-state index contributed by atoms with van der Waals surface area (Å²) in [6.07, 6.45) is 1.04. The zero-order valence-corrected chi connectivity index (χ0v) is 17.1. The minimum absolute atomic E-state index is 0.171. The minimum Gasteiger partial charge on any atom is -0.467 e. The molecule has 0 amide bonds. The molecule has 0 N–H and O–H groups in total. The number of fused-ring (bicyclic) bond motifs is 1. The lowest BCUT2D eigenvalue weighted by Gasteiger charge is -2.31. The van der Waals surface area contributed by atoms with E-state index in [4.69, 9.17) is 20.7 Å². The molecular formula is C19H22N3O2PS. The maximum absolute atomic E-state index is 6.26. The molecule has 5 nitrogen and oxygen atoms in total. The summed E-state index contributed by atoms with van der Waals surface area (Å²) in [6, 6.07) is 12.2.